The van der Waals surface area contributed by atoms with Gasteiger partial charge in [0.15, 0.2) is 0 Å². The van der Waals surface area contributed by atoms with Gasteiger partial charge < -0.3 is 14.8 Å². The van der Waals surface area contributed by atoms with E-state index in [1.54, 1.807) is 18.2 Å². The van der Waals surface area contributed by atoms with Crippen LogP contribution in [-0.4, -0.2) is 16.0 Å². The molecule has 19 heavy (non-hydrogen) atoms. The summed E-state index contributed by atoms with van der Waals surface area (Å²) in [5, 5.41) is 22.3. The van der Waals surface area contributed by atoms with Gasteiger partial charge in [-0.2, -0.15) is 0 Å². The third-order valence-electron chi connectivity index (χ3n) is 2.44. The zero-order valence-electron chi connectivity index (χ0n) is 9.70. The minimum Gasteiger partial charge on any atom is -0.478 e. The van der Waals surface area contributed by atoms with E-state index in [1.807, 2.05) is 0 Å². The lowest BCUT2D eigenvalue weighted by molar-refractivity contribution is -0.402. The fraction of sp³-hybridized carbons (Fsp3) is 0.0833. The normalized spacial score (nSPS) is 10.1. The van der Waals surface area contributed by atoms with Crippen LogP contribution in [0, 0.1) is 10.1 Å². The molecule has 0 unspecified atom stereocenters. The molecular weight excluding hydrogens is 252 g/mol. The van der Waals surface area contributed by atoms with Crippen molar-refractivity contribution in [1.82, 2.24) is 0 Å². The summed E-state index contributed by atoms with van der Waals surface area (Å²) >= 11 is 0. The summed E-state index contributed by atoms with van der Waals surface area (Å²) in [6.45, 7) is 0.165. The van der Waals surface area contributed by atoms with E-state index in [1.165, 1.54) is 18.2 Å². The summed E-state index contributed by atoms with van der Waals surface area (Å²) in [5.41, 5.74) is 0.553. The molecule has 1 aromatic carbocycles. The van der Waals surface area contributed by atoms with Crippen LogP contribution in [0.1, 0.15) is 16.1 Å². The number of nitro groups is 1. The van der Waals surface area contributed by atoms with Crippen molar-refractivity contribution in [2.24, 2.45) is 0 Å². The molecule has 1 aromatic heterocycles. The highest BCUT2D eigenvalue weighted by atomic mass is 16.6. The van der Waals surface area contributed by atoms with Crippen molar-refractivity contribution in [3.05, 3.63) is 57.8 Å². The molecule has 7 heteroatoms. The highest BCUT2D eigenvalue weighted by Gasteiger charge is 2.13. The topological polar surface area (TPSA) is 106 Å². The molecule has 0 aliphatic rings. The lowest BCUT2D eigenvalue weighted by atomic mass is 10.2. The van der Waals surface area contributed by atoms with Crippen LogP contribution >= 0.6 is 0 Å². The van der Waals surface area contributed by atoms with Crippen LogP contribution < -0.4 is 5.32 Å². The Morgan fingerprint density at radius 3 is 2.68 bits per heavy atom. The maximum Gasteiger partial charge on any atom is 0.433 e. The van der Waals surface area contributed by atoms with Gasteiger partial charge in [-0.1, -0.05) is 12.1 Å². The van der Waals surface area contributed by atoms with Crippen molar-refractivity contribution in [2.45, 2.75) is 6.54 Å². The second-order valence-electron chi connectivity index (χ2n) is 3.70. The molecule has 0 amide bonds. The van der Waals surface area contributed by atoms with E-state index in [-0.39, 0.29) is 18.0 Å². The van der Waals surface area contributed by atoms with Gasteiger partial charge in [-0.25, -0.2) is 4.79 Å². The average Bonchev–Trinajstić information content (AvgIpc) is 2.85. The number of carbonyl (C=O) groups is 1. The molecule has 2 rings (SSSR count). The Morgan fingerprint density at radius 1 is 1.32 bits per heavy atom. The van der Waals surface area contributed by atoms with E-state index in [9.17, 15) is 14.9 Å². The van der Waals surface area contributed by atoms with E-state index in [0.717, 1.165) is 0 Å². The average molecular weight is 262 g/mol. The Hall–Kier alpha value is -2.83. The summed E-state index contributed by atoms with van der Waals surface area (Å²) in [6.07, 6.45) is 0. The molecule has 0 saturated carbocycles. The van der Waals surface area contributed by atoms with Crippen molar-refractivity contribution in [3.63, 3.8) is 0 Å². The SMILES string of the molecule is O=C(O)c1ccccc1NCc1ccc([N+](=O)[O-])o1. The number of nitrogens with zero attached hydrogens (tertiary/aromatic N) is 1. The standard InChI is InChI=1S/C12H10N2O5/c15-12(16)9-3-1-2-4-10(9)13-7-8-5-6-11(19-8)14(17)18/h1-6,13H,7H2,(H,15,16). The Morgan fingerprint density at radius 2 is 2.05 bits per heavy atom. The minimum absolute atomic E-state index is 0.128. The molecule has 0 fully saturated rings. The maximum atomic E-state index is 11.0. The fourth-order valence-electron chi connectivity index (χ4n) is 1.57. The van der Waals surface area contributed by atoms with E-state index < -0.39 is 10.9 Å². The zero-order chi connectivity index (χ0) is 13.8. The van der Waals surface area contributed by atoms with Crippen molar-refractivity contribution < 1.29 is 19.2 Å². The number of nitrogens with one attached hydrogen (secondary N) is 1. The molecule has 1 heterocycles. The number of rotatable bonds is 5. The van der Waals surface area contributed by atoms with Gasteiger partial charge in [0.2, 0.25) is 0 Å². The van der Waals surface area contributed by atoms with Crippen LogP contribution in [-0.2, 0) is 6.54 Å². The first-order chi connectivity index (χ1) is 9.08. The minimum atomic E-state index is -1.05. The van der Waals surface area contributed by atoms with Crippen molar-refractivity contribution in [2.75, 3.05) is 5.32 Å². The Labute approximate surface area is 107 Å². The van der Waals surface area contributed by atoms with Gasteiger partial charge >= 0.3 is 11.9 Å². The third-order valence-corrected chi connectivity index (χ3v) is 2.44. The van der Waals surface area contributed by atoms with Gasteiger partial charge in [0.1, 0.15) is 10.7 Å². The fourth-order valence-corrected chi connectivity index (χ4v) is 1.57. The molecule has 7 nitrogen and oxygen atoms in total. The highest BCUT2D eigenvalue weighted by molar-refractivity contribution is 5.94. The third kappa shape index (κ3) is 2.89. The number of carboxylic acid groups (broad SMARTS) is 1. The summed E-state index contributed by atoms with van der Waals surface area (Å²) < 4.78 is 4.96. The highest BCUT2D eigenvalue weighted by Crippen LogP contribution is 2.19. The number of aromatic carboxylic acids is 1. The summed E-state index contributed by atoms with van der Waals surface area (Å²) in [5.74, 6) is -1.04. The Kier molecular flexibility index (Phi) is 3.46. The predicted molar refractivity (Wildman–Crippen MR) is 66.1 cm³/mol. The molecule has 2 aromatic rings. The molecule has 0 radical (unpaired) electrons. The number of furan rings is 1. The van der Waals surface area contributed by atoms with Crippen molar-refractivity contribution in [1.29, 1.82) is 0 Å². The van der Waals surface area contributed by atoms with E-state index >= 15 is 0 Å². The van der Waals surface area contributed by atoms with Crippen molar-refractivity contribution in [3.8, 4) is 0 Å². The van der Waals surface area contributed by atoms with Crippen LogP contribution in [0.4, 0.5) is 11.6 Å². The second kappa shape index (κ2) is 5.21. The molecule has 0 atom stereocenters. The molecular formula is C12H10N2O5. The Balaban J connectivity index is 2.10. The predicted octanol–water partition coefficient (Wildman–Crippen LogP) is 2.50. The lowest BCUT2D eigenvalue weighted by Crippen LogP contribution is -2.05. The van der Waals surface area contributed by atoms with Gasteiger partial charge in [0.25, 0.3) is 0 Å². The van der Waals surface area contributed by atoms with Gasteiger partial charge in [-0.05, 0) is 18.2 Å². The molecule has 0 aliphatic carbocycles. The monoisotopic (exact) mass is 262 g/mol. The van der Waals surface area contributed by atoms with Gasteiger partial charge in [-0.3, -0.25) is 10.1 Å². The molecule has 98 valence electrons. The summed E-state index contributed by atoms with van der Waals surface area (Å²) in [6, 6.07) is 9.11. The number of anilines is 1. The summed E-state index contributed by atoms with van der Waals surface area (Å²) in [7, 11) is 0. The number of hydrogen-bond donors (Lipinski definition) is 2. The van der Waals surface area contributed by atoms with Crippen LogP contribution in [0.15, 0.2) is 40.8 Å². The Bertz CT molecular complexity index is 620. The van der Waals surface area contributed by atoms with Crippen LogP contribution in [0.3, 0.4) is 0 Å². The first-order valence-corrected chi connectivity index (χ1v) is 5.37. The zero-order valence-corrected chi connectivity index (χ0v) is 9.70. The van der Waals surface area contributed by atoms with Crippen molar-refractivity contribution >= 4 is 17.5 Å². The molecule has 0 saturated heterocycles. The lowest BCUT2D eigenvalue weighted by Gasteiger charge is -2.07. The second-order valence-corrected chi connectivity index (χ2v) is 3.70. The van der Waals surface area contributed by atoms with E-state index in [4.69, 9.17) is 9.52 Å². The summed E-state index contributed by atoms with van der Waals surface area (Å²) in [4.78, 5) is 20.8. The largest absolute Gasteiger partial charge is 0.478 e. The number of carboxylic acids is 1. The number of hydrogen-bond acceptors (Lipinski definition) is 5. The smallest absolute Gasteiger partial charge is 0.433 e. The van der Waals surface area contributed by atoms with Gasteiger partial charge in [0.05, 0.1) is 18.2 Å². The molecule has 0 aliphatic heterocycles. The van der Waals surface area contributed by atoms with Crippen LogP contribution in [0.2, 0.25) is 0 Å². The number of para-hydroxylation sites is 1. The van der Waals surface area contributed by atoms with Gasteiger partial charge in [0, 0.05) is 5.69 Å². The van der Waals surface area contributed by atoms with E-state index in [0.29, 0.717) is 11.4 Å². The quantitative estimate of drug-likeness (QED) is 0.633. The van der Waals surface area contributed by atoms with Gasteiger partial charge in [-0.15, -0.1) is 0 Å². The first-order valence-electron chi connectivity index (χ1n) is 5.37. The first kappa shape index (κ1) is 12.6. The van der Waals surface area contributed by atoms with E-state index in [2.05, 4.69) is 5.32 Å². The molecule has 0 bridgehead atoms. The molecule has 2 N–H and O–H groups in total. The number of benzene rings is 1. The molecule has 0 spiro atoms. The van der Waals surface area contributed by atoms with Crippen LogP contribution in [0.5, 0.6) is 0 Å². The maximum absolute atomic E-state index is 11.0. The van der Waals surface area contributed by atoms with Crippen LogP contribution in [0.25, 0.3) is 0 Å².